The molecule has 1 heteroatoms. The maximum absolute atomic E-state index is 5.75. The Hall–Kier alpha value is -0.0400. The highest BCUT2D eigenvalue weighted by Gasteiger charge is 2.16. The molecule has 73 valence electrons. The van der Waals surface area contributed by atoms with Crippen LogP contribution in [-0.4, -0.2) is 12.7 Å². The van der Waals surface area contributed by atoms with Crippen LogP contribution in [0.4, 0.5) is 0 Å². The Balaban J connectivity index is 3.73. The zero-order valence-electron chi connectivity index (χ0n) is 9.18. The molecule has 1 nitrogen and oxygen atoms in total. The molecule has 0 saturated carbocycles. The molecule has 0 aromatic rings. The van der Waals surface area contributed by atoms with Crippen molar-refractivity contribution < 1.29 is 4.74 Å². The zero-order chi connectivity index (χ0) is 9.78. The van der Waals surface area contributed by atoms with Crippen molar-refractivity contribution in [1.82, 2.24) is 0 Å². The molecule has 0 saturated heterocycles. The molecule has 1 unspecified atom stereocenters. The zero-order valence-corrected chi connectivity index (χ0v) is 9.18. The van der Waals surface area contributed by atoms with Crippen LogP contribution in [0.15, 0.2) is 0 Å². The first kappa shape index (κ1) is 12.0. The fourth-order valence-corrected chi connectivity index (χ4v) is 0.966. The summed E-state index contributed by atoms with van der Waals surface area (Å²) in [5.74, 6) is 0.574. The topological polar surface area (TPSA) is 9.23 Å². The van der Waals surface area contributed by atoms with E-state index in [1.807, 2.05) is 0 Å². The normalized spacial score (nSPS) is 15.2. The van der Waals surface area contributed by atoms with Crippen LogP contribution >= 0.6 is 0 Å². The van der Waals surface area contributed by atoms with Crippen molar-refractivity contribution in [3.8, 4) is 0 Å². The van der Waals surface area contributed by atoms with E-state index in [9.17, 15) is 0 Å². The Morgan fingerprint density at radius 1 is 1.25 bits per heavy atom. The van der Waals surface area contributed by atoms with E-state index in [2.05, 4.69) is 41.5 Å². The summed E-state index contributed by atoms with van der Waals surface area (Å²) in [5.41, 5.74) is 0.266. The second-order valence-corrected chi connectivity index (χ2v) is 4.94. The lowest BCUT2D eigenvalue weighted by molar-refractivity contribution is -0.0137. The summed E-state index contributed by atoms with van der Waals surface area (Å²) < 4.78 is 5.75. The van der Waals surface area contributed by atoms with Gasteiger partial charge < -0.3 is 4.74 Å². The summed E-state index contributed by atoms with van der Waals surface area (Å²) in [7, 11) is 0. The molecular weight excluding hydrogens is 148 g/mol. The van der Waals surface area contributed by atoms with Crippen LogP contribution in [0.5, 0.6) is 0 Å². The Morgan fingerprint density at radius 2 is 1.75 bits per heavy atom. The summed E-state index contributed by atoms with van der Waals surface area (Å²) in [6, 6.07) is 0. The maximum atomic E-state index is 5.75. The first-order valence-corrected chi connectivity index (χ1v) is 4.77. The van der Waals surface area contributed by atoms with Crippen molar-refractivity contribution >= 4 is 0 Å². The monoisotopic (exact) mass is 171 g/mol. The Bertz CT molecular complexity index is 111. The summed E-state index contributed by atoms with van der Waals surface area (Å²) in [6.07, 6.45) is 1.19. The number of hydrogen-bond donors (Lipinski definition) is 0. The van der Waals surface area contributed by atoms with E-state index in [0.29, 0.717) is 12.0 Å². The van der Waals surface area contributed by atoms with E-state index in [1.165, 1.54) is 0 Å². The van der Waals surface area contributed by atoms with Crippen LogP contribution < -0.4 is 0 Å². The highest BCUT2D eigenvalue weighted by Crippen LogP contribution is 2.18. The van der Waals surface area contributed by atoms with Crippen molar-refractivity contribution in [2.24, 2.45) is 11.3 Å². The van der Waals surface area contributed by atoms with Gasteiger partial charge in [-0.1, -0.05) is 41.5 Å². The van der Waals surface area contributed by atoms with E-state index in [-0.39, 0.29) is 5.41 Å². The minimum absolute atomic E-state index is 0.266. The van der Waals surface area contributed by atoms with E-state index in [1.54, 1.807) is 0 Å². The minimum atomic E-state index is 0.266. The first-order valence-electron chi connectivity index (χ1n) is 4.77. The van der Waals surface area contributed by atoms with Crippen LogP contribution in [0.25, 0.3) is 0 Å². The lowest BCUT2D eigenvalue weighted by Crippen LogP contribution is -2.25. The van der Waals surface area contributed by atoms with Gasteiger partial charge in [-0.05, 0) is 17.8 Å². The largest absolute Gasteiger partial charge is 0.377 e. The van der Waals surface area contributed by atoms with Gasteiger partial charge in [0.2, 0.25) is 0 Å². The molecule has 0 fully saturated rings. The highest BCUT2D eigenvalue weighted by atomic mass is 16.5. The lowest BCUT2D eigenvalue weighted by atomic mass is 9.98. The van der Waals surface area contributed by atoms with Gasteiger partial charge in [0.25, 0.3) is 0 Å². The van der Waals surface area contributed by atoms with Gasteiger partial charge in [0.1, 0.15) is 0 Å². The molecule has 0 aliphatic heterocycles. The third-order valence-corrected chi connectivity index (χ3v) is 1.76. The van der Waals surface area contributed by atoms with Gasteiger partial charge in [-0.3, -0.25) is 0 Å². The third kappa shape index (κ3) is 5.59. The van der Waals surface area contributed by atoms with Gasteiger partial charge in [0.15, 0.2) is 0 Å². The number of rotatable bonds is 4. The quantitative estimate of drug-likeness (QED) is 0.630. The Kier molecular flexibility index (Phi) is 4.84. The van der Waals surface area contributed by atoms with Crippen LogP contribution in [0.2, 0.25) is 0 Å². The Morgan fingerprint density at radius 3 is 2.00 bits per heavy atom. The molecule has 0 spiro atoms. The summed E-state index contributed by atoms with van der Waals surface area (Å²) in [5, 5.41) is 0. The number of ether oxygens (including phenoxy) is 1. The van der Waals surface area contributed by atoms with Crippen molar-refractivity contribution in [2.45, 2.75) is 47.1 Å². The molecule has 0 aliphatic carbocycles. The molecule has 0 heterocycles. The van der Waals surface area contributed by atoms with Crippen LogP contribution in [0.1, 0.15) is 41.0 Å². The molecule has 12 heavy (non-hydrogen) atoms. The molecule has 0 aromatic carbocycles. The fourth-order valence-electron chi connectivity index (χ4n) is 0.966. The molecule has 0 N–H and O–H groups in total. The van der Waals surface area contributed by atoms with Gasteiger partial charge in [-0.15, -0.1) is 0 Å². The van der Waals surface area contributed by atoms with E-state index in [4.69, 9.17) is 4.74 Å². The van der Waals surface area contributed by atoms with Crippen LogP contribution in [0, 0.1) is 18.3 Å². The molecule has 0 rings (SSSR count). The van der Waals surface area contributed by atoms with E-state index in [0.717, 1.165) is 13.0 Å². The van der Waals surface area contributed by atoms with Gasteiger partial charge in [0.05, 0.1) is 12.7 Å². The van der Waals surface area contributed by atoms with E-state index >= 15 is 0 Å². The van der Waals surface area contributed by atoms with Crippen molar-refractivity contribution in [2.75, 3.05) is 6.61 Å². The highest BCUT2D eigenvalue weighted by molar-refractivity contribution is 4.67. The molecule has 0 amide bonds. The summed E-state index contributed by atoms with van der Waals surface area (Å²) in [4.78, 5) is 0. The van der Waals surface area contributed by atoms with E-state index < -0.39 is 0 Å². The molecule has 0 aromatic heterocycles. The van der Waals surface area contributed by atoms with Gasteiger partial charge in [-0.25, -0.2) is 0 Å². The average molecular weight is 171 g/mol. The smallest absolute Gasteiger partial charge is 0.0598 e. The lowest BCUT2D eigenvalue weighted by Gasteiger charge is -2.25. The van der Waals surface area contributed by atoms with Gasteiger partial charge in [0, 0.05) is 0 Å². The minimum Gasteiger partial charge on any atom is -0.377 e. The second-order valence-electron chi connectivity index (χ2n) is 4.94. The number of hydrogen-bond acceptors (Lipinski definition) is 1. The third-order valence-electron chi connectivity index (χ3n) is 1.76. The Labute approximate surface area is 77.5 Å². The van der Waals surface area contributed by atoms with Crippen LogP contribution in [0.3, 0.4) is 0 Å². The van der Waals surface area contributed by atoms with Crippen molar-refractivity contribution in [1.29, 1.82) is 0 Å². The fraction of sp³-hybridized carbons (Fsp3) is 0.909. The predicted octanol–water partition coefficient (Wildman–Crippen LogP) is 3.30. The summed E-state index contributed by atoms with van der Waals surface area (Å²) >= 11 is 0. The van der Waals surface area contributed by atoms with Crippen molar-refractivity contribution in [3.63, 3.8) is 0 Å². The molecule has 0 aliphatic rings. The molecule has 1 atom stereocenters. The van der Waals surface area contributed by atoms with Crippen LogP contribution in [-0.2, 0) is 4.74 Å². The maximum Gasteiger partial charge on any atom is 0.0598 e. The van der Waals surface area contributed by atoms with Gasteiger partial charge >= 0.3 is 0 Å². The molecular formula is C11H23O. The van der Waals surface area contributed by atoms with Gasteiger partial charge in [-0.2, -0.15) is 0 Å². The predicted molar refractivity (Wildman–Crippen MR) is 54.0 cm³/mol. The standard InChI is InChI=1S/C11H23O/c1-7-10(9(2)3)12-8-11(4,5)6/h9-10H,1,7-8H2,2-6H3. The molecule has 1 radical (unpaired) electrons. The summed E-state index contributed by atoms with van der Waals surface area (Å²) in [6.45, 7) is 15.6. The second kappa shape index (κ2) is 4.86. The average Bonchev–Trinajstić information content (AvgIpc) is 1.85. The molecule has 0 bridgehead atoms. The first-order chi connectivity index (χ1) is 5.37. The SMILES string of the molecule is [CH2]CC(OCC(C)(C)C)C(C)C. The van der Waals surface area contributed by atoms with Crippen molar-refractivity contribution in [3.05, 3.63) is 6.92 Å².